The van der Waals surface area contributed by atoms with E-state index in [-0.39, 0.29) is 5.91 Å². The highest BCUT2D eigenvalue weighted by Crippen LogP contribution is 2.18. The lowest BCUT2D eigenvalue weighted by atomic mass is 9.93. The van der Waals surface area contributed by atoms with Crippen LogP contribution in [0, 0.1) is 12.8 Å². The number of pyridine rings is 1. The van der Waals surface area contributed by atoms with Gasteiger partial charge in [0.2, 0.25) is 5.91 Å². The number of nitrogens with one attached hydrogen (secondary N) is 1. The lowest BCUT2D eigenvalue weighted by molar-refractivity contribution is -0.132. The second-order valence-electron chi connectivity index (χ2n) is 6.58. The van der Waals surface area contributed by atoms with Crippen molar-refractivity contribution in [2.75, 3.05) is 13.1 Å². The molecule has 2 aromatic rings. The van der Waals surface area contributed by atoms with Gasteiger partial charge in [-0.25, -0.2) is 4.98 Å². The molecule has 0 aromatic carbocycles. The third-order valence-corrected chi connectivity index (χ3v) is 4.91. The average Bonchev–Trinajstić information content (AvgIpc) is 2.97. The summed E-state index contributed by atoms with van der Waals surface area (Å²) in [5.41, 5.74) is 3.40. The molecule has 2 atom stereocenters. The Morgan fingerprint density at radius 3 is 3.04 bits per heavy atom. The Hall–Kier alpha value is -1.88. The highest BCUT2D eigenvalue weighted by molar-refractivity contribution is 5.75. The van der Waals surface area contributed by atoms with Gasteiger partial charge in [-0.3, -0.25) is 4.79 Å². The zero-order valence-electron chi connectivity index (χ0n) is 14.2. The molecule has 2 unspecified atom stereocenters. The predicted molar refractivity (Wildman–Crippen MR) is 91.2 cm³/mol. The van der Waals surface area contributed by atoms with E-state index in [1.54, 1.807) is 0 Å². The molecule has 2 aromatic heterocycles. The monoisotopic (exact) mass is 314 g/mol. The highest BCUT2D eigenvalue weighted by Gasteiger charge is 2.27. The molecule has 1 aliphatic rings. The summed E-state index contributed by atoms with van der Waals surface area (Å²) in [5.74, 6) is 0.743. The number of imidazole rings is 1. The smallest absolute Gasteiger partial charge is 0.222 e. The minimum absolute atomic E-state index is 0.271. The summed E-state index contributed by atoms with van der Waals surface area (Å²) in [6, 6.07) is 4.60. The van der Waals surface area contributed by atoms with Gasteiger partial charge in [-0.2, -0.15) is 0 Å². The van der Waals surface area contributed by atoms with Crippen LogP contribution in [0.1, 0.15) is 37.9 Å². The predicted octanol–water partition coefficient (Wildman–Crippen LogP) is 2.38. The maximum absolute atomic E-state index is 11.8. The first kappa shape index (κ1) is 16.0. The molecule has 0 radical (unpaired) electrons. The fourth-order valence-electron chi connectivity index (χ4n) is 3.47. The van der Waals surface area contributed by atoms with Crippen molar-refractivity contribution in [2.24, 2.45) is 5.92 Å². The number of hydrogen-bond acceptors (Lipinski definition) is 3. The molecule has 23 heavy (non-hydrogen) atoms. The second kappa shape index (κ2) is 6.71. The van der Waals surface area contributed by atoms with Gasteiger partial charge in [-0.05, 0) is 30.9 Å². The van der Waals surface area contributed by atoms with Crippen LogP contribution in [0.5, 0.6) is 0 Å². The van der Waals surface area contributed by atoms with E-state index in [0.29, 0.717) is 18.4 Å². The van der Waals surface area contributed by atoms with Gasteiger partial charge in [-0.15, -0.1) is 0 Å². The van der Waals surface area contributed by atoms with Crippen molar-refractivity contribution in [3.63, 3.8) is 0 Å². The van der Waals surface area contributed by atoms with Crippen LogP contribution in [0.25, 0.3) is 5.65 Å². The fraction of sp³-hybridized carbons (Fsp3) is 0.556. The van der Waals surface area contributed by atoms with Crippen LogP contribution in [0.4, 0.5) is 0 Å². The number of carbonyl (C=O) groups excluding carboxylic acids is 1. The van der Waals surface area contributed by atoms with Crippen LogP contribution in [0.15, 0.2) is 24.5 Å². The Balaban J connectivity index is 1.62. The van der Waals surface area contributed by atoms with Crippen LogP contribution < -0.4 is 5.32 Å². The molecule has 1 saturated heterocycles. The summed E-state index contributed by atoms with van der Waals surface area (Å²) < 4.78 is 2.16. The number of piperidine rings is 1. The van der Waals surface area contributed by atoms with Gasteiger partial charge in [0, 0.05) is 38.3 Å². The quantitative estimate of drug-likeness (QED) is 0.942. The fourth-order valence-corrected chi connectivity index (χ4v) is 3.47. The molecular weight excluding hydrogens is 288 g/mol. The van der Waals surface area contributed by atoms with Crippen LogP contribution in [-0.4, -0.2) is 39.3 Å². The van der Waals surface area contributed by atoms with Crippen molar-refractivity contribution in [3.05, 3.63) is 35.8 Å². The van der Waals surface area contributed by atoms with Gasteiger partial charge < -0.3 is 14.6 Å². The Morgan fingerprint density at radius 2 is 2.30 bits per heavy atom. The average molecular weight is 314 g/mol. The zero-order valence-corrected chi connectivity index (χ0v) is 14.2. The number of carbonyl (C=O) groups is 1. The van der Waals surface area contributed by atoms with Crippen molar-refractivity contribution in [1.82, 2.24) is 19.6 Å². The van der Waals surface area contributed by atoms with E-state index in [0.717, 1.165) is 31.7 Å². The Kier molecular flexibility index (Phi) is 4.66. The minimum Gasteiger partial charge on any atom is -0.342 e. The van der Waals surface area contributed by atoms with E-state index >= 15 is 0 Å². The lowest BCUT2D eigenvalue weighted by Crippen LogP contribution is -2.49. The maximum Gasteiger partial charge on any atom is 0.222 e. The van der Waals surface area contributed by atoms with E-state index in [1.807, 2.05) is 18.0 Å². The molecule has 1 aliphatic heterocycles. The number of aromatic nitrogens is 2. The molecule has 0 saturated carbocycles. The van der Waals surface area contributed by atoms with Crippen LogP contribution in [0.3, 0.4) is 0 Å². The number of hydrogen-bond donors (Lipinski definition) is 1. The van der Waals surface area contributed by atoms with E-state index in [1.165, 1.54) is 11.3 Å². The first-order valence-electron chi connectivity index (χ1n) is 8.53. The molecular formula is C18H26N4O. The maximum atomic E-state index is 11.8. The van der Waals surface area contributed by atoms with E-state index in [2.05, 4.69) is 46.9 Å². The Labute approximate surface area is 137 Å². The summed E-state index contributed by atoms with van der Waals surface area (Å²) in [6.45, 7) is 8.77. The van der Waals surface area contributed by atoms with E-state index in [4.69, 9.17) is 0 Å². The molecule has 3 rings (SSSR count). The van der Waals surface area contributed by atoms with Gasteiger partial charge in [0.05, 0.1) is 11.9 Å². The molecule has 1 fully saturated rings. The van der Waals surface area contributed by atoms with Crippen LogP contribution in [0.2, 0.25) is 0 Å². The number of amides is 1. The molecule has 0 aliphatic carbocycles. The van der Waals surface area contributed by atoms with Gasteiger partial charge in [0.1, 0.15) is 5.65 Å². The topological polar surface area (TPSA) is 49.6 Å². The Morgan fingerprint density at radius 1 is 1.48 bits per heavy atom. The molecule has 3 heterocycles. The van der Waals surface area contributed by atoms with Crippen molar-refractivity contribution in [1.29, 1.82) is 0 Å². The first-order chi connectivity index (χ1) is 11.1. The number of rotatable bonds is 4. The van der Waals surface area contributed by atoms with Gasteiger partial charge in [0.15, 0.2) is 0 Å². The van der Waals surface area contributed by atoms with E-state index in [9.17, 15) is 4.79 Å². The summed E-state index contributed by atoms with van der Waals surface area (Å²) in [5, 5.41) is 3.66. The van der Waals surface area contributed by atoms with Crippen molar-refractivity contribution in [3.8, 4) is 0 Å². The SMILES string of the molecule is CCC(=O)N1CCC(NCc2cnc3c(C)cccn23)C(C)C1. The second-order valence-corrected chi connectivity index (χ2v) is 6.58. The summed E-state index contributed by atoms with van der Waals surface area (Å²) in [7, 11) is 0. The number of nitrogens with zero attached hydrogens (tertiary/aromatic N) is 3. The molecule has 5 heteroatoms. The summed E-state index contributed by atoms with van der Waals surface area (Å²) in [4.78, 5) is 18.4. The first-order valence-corrected chi connectivity index (χ1v) is 8.53. The molecule has 5 nitrogen and oxygen atoms in total. The van der Waals surface area contributed by atoms with Gasteiger partial charge in [0.25, 0.3) is 0 Å². The minimum atomic E-state index is 0.271. The van der Waals surface area contributed by atoms with Crippen molar-refractivity contribution in [2.45, 2.75) is 46.2 Å². The molecule has 1 N–H and O–H groups in total. The molecule has 0 spiro atoms. The van der Waals surface area contributed by atoms with Gasteiger partial charge in [-0.1, -0.05) is 19.9 Å². The molecule has 124 valence electrons. The number of aryl methyl sites for hydroxylation is 1. The standard InChI is InChI=1S/C18H26N4O/c1-4-17(23)21-9-7-16(14(3)12-21)19-10-15-11-20-18-13(2)6-5-8-22(15)18/h5-6,8,11,14,16,19H,4,7,9-10,12H2,1-3H3. The zero-order chi connectivity index (χ0) is 16.4. The third-order valence-electron chi connectivity index (χ3n) is 4.91. The number of fused-ring (bicyclic) bond motifs is 1. The van der Waals surface area contributed by atoms with Crippen molar-refractivity contribution < 1.29 is 4.79 Å². The normalized spacial score (nSPS) is 21.8. The summed E-state index contributed by atoms with van der Waals surface area (Å²) >= 11 is 0. The van der Waals surface area contributed by atoms with Gasteiger partial charge >= 0.3 is 0 Å². The number of likely N-dealkylation sites (tertiary alicyclic amines) is 1. The summed E-state index contributed by atoms with van der Waals surface area (Å²) in [6.07, 6.45) is 5.64. The van der Waals surface area contributed by atoms with E-state index < -0.39 is 0 Å². The highest BCUT2D eigenvalue weighted by atomic mass is 16.2. The van der Waals surface area contributed by atoms with Crippen LogP contribution >= 0.6 is 0 Å². The van der Waals surface area contributed by atoms with Crippen molar-refractivity contribution >= 4 is 11.6 Å². The lowest BCUT2D eigenvalue weighted by Gasteiger charge is -2.37. The molecule has 0 bridgehead atoms. The van der Waals surface area contributed by atoms with Crippen LogP contribution in [-0.2, 0) is 11.3 Å². The third kappa shape index (κ3) is 3.24. The Bertz CT molecular complexity index is 693. The largest absolute Gasteiger partial charge is 0.342 e. The molecule has 1 amide bonds.